The Morgan fingerprint density at radius 1 is 1.73 bits per heavy atom. The highest BCUT2D eigenvalue weighted by atomic mass is 32.1. The molecule has 0 aliphatic carbocycles. The van der Waals surface area contributed by atoms with E-state index in [4.69, 9.17) is 10.4 Å². The highest BCUT2D eigenvalue weighted by Gasteiger charge is 1.99. The van der Waals surface area contributed by atoms with Crippen LogP contribution >= 0.6 is 12.6 Å². The summed E-state index contributed by atoms with van der Waals surface area (Å²) >= 11 is 3.86. The molecule has 0 spiro atoms. The zero-order chi connectivity index (χ0) is 9.28. The molecular weight excluding hydrogens is 168 g/mol. The van der Waals surface area contributed by atoms with Crippen LogP contribution in [0.15, 0.2) is 0 Å². The largest absolute Gasteiger partial charge is 0.481 e. The molecule has 0 radical (unpaired) electrons. The van der Waals surface area contributed by atoms with Gasteiger partial charge in [0.2, 0.25) is 0 Å². The minimum Gasteiger partial charge on any atom is -0.481 e. The first-order valence-electron chi connectivity index (χ1n) is 3.20. The Balaban J connectivity index is 0. The SMILES string of the molecule is CC(S)CC(=O)O.CCOO. The molecule has 0 saturated carbocycles. The molecule has 1 unspecified atom stereocenters. The Morgan fingerprint density at radius 2 is 2.09 bits per heavy atom. The summed E-state index contributed by atoms with van der Waals surface area (Å²) in [5, 5.41) is 15.4. The van der Waals surface area contributed by atoms with Gasteiger partial charge in [0, 0.05) is 5.25 Å². The number of hydrogen-bond acceptors (Lipinski definition) is 4. The Labute approximate surface area is 71.5 Å². The average Bonchev–Trinajstić information content (AvgIpc) is 1.85. The molecule has 0 bridgehead atoms. The standard InChI is InChI=1S/C4H8O2S.C2H6O2/c1-3(7)2-4(5)6;1-2-4-3/h3,7H,2H2,1H3,(H,5,6);3H,2H2,1H3. The summed E-state index contributed by atoms with van der Waals surface area (Å²) in [4.78, 5) is 13.3. The van der Waals surface area contributed by atoms with E-state index in [0.717, 1.165) is 0 Å². The summed E-state index contributed by atoms with van der Waals surface area (Å²) in [6.07, 6.45) is 0.142. The molecule has 11 heavy (non-hydrogen) atoms. The Morgan fingerprint density at radius 3 is 2.09 bits per heavy atom. The number of hydrogen-bond donors (Lipinski definition) is 3. The molecule has 0 aromatic heterocycles. The fourth-order valence-electron chi connectivity index (χ4n) is 0.253. The van der Waals surface area contributed by atoms with E-state index < -0.39 is 5.97 Å². The van der Waals surface area contributed by atoms with Crippen LogP contribution in [0.4, 0.5) is 0 Å². The molecule has 1 atom stereocenters. The third-order valence-electron chi connectivity index (χ3n) is 0.599. The van der Waals surface area contributed by atoms with Crippen LogP contribution in [-0.4, -0.2) is 28.2 Å². The number of carboxylic acids is 1. The van der Waals surface area contributed by atoms with Crippen LogP contribution in [0.3, 0.4) is 0 Å². The van der Waals surface area contributed by atoms with E-state index in [9.17, 15) is 4.79 Å². The van der Waals surface area contributed by atoms with E-state index in [1.54, 1.807) is 13.8 Å². The fraction of sp³-hybridized carbons (Fsp3) is 0.833. The first kappa shape index (κ1) is 13.3. The van der Waals surface area contributed by atoms with E-state index in [1.807, 2.05) is 0 Å². The zero-order valence-corrected chi connectivity index (χ0v) is 7.54. The maximum atomic E-state index is 9.76. The molecule has 2 N–H and O–H groups in total. The first-order chi connectivity index (χ1) is 5.04. The molecule has 0 aliphatic heterocycles. The Hall–Kier alpha value is -0.260. The molecule has 68 valence electrons. The minimum absolute atomic E-state index is 0.0301. The number of rotatable bonds is 3. The van der Waals surface area contributed by atoms with Crippen molar-refractivity contribution >= 4 is 18.6 Å². The van der Waals surface area contributed by atoms with Gasteiger partial charge >= 0.3 is 5.97 Å². The second-order valence-corrected chi connectivity index (χ2v) is 2.75. The van der Waals surface area contributed by atoms with Gasteiger partial charge < -0.3 is 5.11 Å². The summed E-state index contributed by atoms with van der Waals surface area (Å²) in [5.74, 6) is -0.789. The van der Waals surface area contributed by atoms with Crippen LogP contribution in [0.25, 0.3) is 0 Å². The maximum Gasteiger partial charge on any atom is 0.304 e. The lowest BCUT2D eigenvalue weighted by molar-refractivity contribution is -0.237. The van der Waals surface area contributed by atoms with Crippen LogP contribution in [0.5, 0.6) is 0 Å². The van der Waals surface area contributed by atoms with Crippen molar-refractivity contribution in [3.05, 3.63) is 0 Å². The van der Waals surface area contributed by atoms with Crippen LogP contribution < -0.4 is 0 Å². The van der Waals surface area contributed by atoms with Gasteiger partial charge in [-0.1, -0.05) is 6.92 Å². The Bertz CT molecular complexity index is 92.6. The summed E-state index contributed by atoms with van der Waals surface area (Å²) in [7, 11) is 0. The van der Waals surface area contributed by atoms with Gasteiger partial charge in [-0.05, 0) is 6.92 Å². The summed E-state index contributed by atoms with van der Waals surface area (Å²) in [6.45, 7) is 3.83. The number of aliphatic carboxylic acids is 1. The lowest BCUT2D eigenvalue weighted by atomic mass is 10.3. The van der Waals surface area contributed by atoms with E-state index in [-0.39, 0.29) is 11.7 Å². The lowest BCUT2D eigenvalue weighted by Crippen LogP contribution is -2.01. The molecule has 0 rings (SSSR count). The topological polar surface area (TPSA) is 66.8 Å². The molecular formula is C6H14O4S. The number of carboxylic acid groups (broad SMARTS) is 1. The van der Waals surface area contributed by atoms with Gasteiger partial charge in [-0.3, -0.25) is 10.1 Å². The normalized spacial score (nSPS) is 11.3. The van der Waals surface area contributed by atoms with Gasteiger partial charge in [0.15, 0.2) is 0 Å². The maximum absolute atomic E-state index is 9.76. The quantitative estimate of drug-likeness (QED) is 0.349. The van der Waals surface area contributed by atoms with Crippen LogP contribution in [0, 0.1) is 0 Å². The van der Waals surface area contributed by atoms with Crippen LogP contribution in [-0.2, 0) is 9.68 Å². The second-order valence-electron chi connectivity index (χ2n) is 1.86. The molecule has 5 heteroatoms. The van der Waals surface area contributed by atoms with Crippen molar-refractivity contribution in [3.63, 3.8) is 0 Å². The minimum atomic E-state index is -0.789. The molecule has 0 aromatic rings. The smallest absolute Gasteiger partial charge is 0.304 e. The first-order valence-corrected chi connectivity index (χ1v) is 3.72. The van der Waals surface area contributed by atoms with Gasteiger partial charge in [-0.2, -0.15) is 12.6 Å². The highest BCUT2D eigenvalue weighted by Crippen LogP contribution is 1.96. The van der Waals surface area contributed by atoms with Crippen molar-refractivity contribution in [1.82, 2.24) is 0 Å². The molecule has 4 nitrogen and oxygen atoms in total. The summed E-state index contributed by atoms with van der Waals surface area (Å²) in [6, 6.07) is 0. The van der Waals surface area contributed by atoms with Crippen molar-refractivity contribution in [2.45, 2.75) is 25.5 Å². The van der Waals surface area contributed by atoms with Gasteiger partial charge in [-0.25, -0.2) is 4.89 Å². The highest BCUT2D eigenvalue weighted by molar-refractivity contribution is 7.80. The monoisotopic (exact) mass is 182 g/mol. The summed E-state index contributed by atoms with van der Waals surface area (Å²) in [5.41, 5.74) is 0. The molecule has 0 aromatic carbocycles. The predicted molar refractivity (Wildman–Crippen MR) is 45.0 cm³/mol. The van der Waals surface area contributed by atoms with Gasteiger partial charge in [0.05, 0.1) is 13.0 Å². The van der Waals surface area contributed by atoms with Crippen molar-refractivity contribution in [2.75, 3.05) is 6.61 Å². The predicted octanol–water partition coefficient (Wildman–Crippen LogP) is 1.28. The number of carbonyl (C=O) groups is 1. The molecule has 0 fully saturated rings. The van der Waals surface area contributed by atoms with Crippen molar-refractivity contribution in [3.8, 4) is 0 Å². The fourth-order valence-corrected chi connectivity index (χ4v) is 0.409. The van der Waals surface area contributed by atoms with E-state index in [1.165, 1.54) is 0 Å². The second kappa shape index (κ2) is 9.74. The molecule has 0 aliphatic rings. The van der Waals surface area contributed by atoms with Crippen molar-refractivity contribution < 1.29 is 20.0 Å². The molecule has 0 saturated heterocycles. The van der Waals surface area contributed by atoms with Gasteiger partial charge in [0.25, 0.3) is 0 Å². The van der Waals surface area contributed by atoms with Crippen molar-refractivity contribution in [2.24, 2.45) is 0 Å². The molecule has 0 amide bonds. The Kier molecular flexibility index (Phi) is 11.8. The van der Waals surface area contributed by atoms with E-state index in [0.29, 0.717) is 6.61 Å². The van der Waals surface area contributed by atoms with Crippen LogP contribution in [0.2, 0.25) is 0 Å². The lowest BCUT2D eigenvalue weighted by Gasteiger charge is -1.93. The third kappa shape index (κ3) is 26.0. The average molecular weight is 182 g/mol. The van der Waals surface area contributed by atoms with Crippen LogP contribution in [0.1, 0.15) is 20.3 Å². The van der Waals surface area contributed by atoms with E-state index in [2.05, 4.69) is 17.5 Å². The van der Waals surface area contributed by atoms with Gasteiger partial charge in [0.1, 0.15) is 0 Å². The molecule has 0 heterocycles. The van der Waals surface area contributed by atoms with E-state index >= 15 is 0 Å². The number of thiol groups is 1. The summed E-state index contributed by atoms with van der Waals surface area (Å²) < 4.78 is 0. The van der Waals surface area contributed by atoms with Crippen molar-refractivity contribution in [1.29, 1.82) is 0 Å². The third-order valence-corrected chi connectivity index (χ3v) is 0.782. The zero-order valence-electron chi connectivity index (χ0n) is 6.65. The van der Waals surface area contributed by atoms with Gasteiger partial charge in [-0.15, -0.1) is 0 Å².